The predicted octanol–water partition coefficient (Wildman–Crippen LogP) is 2.61. The van der Waals surface area contributed by atoms with Crippen LogP contribution in [0, 0.1) is 5.92 Å². The smallest absolute Gasteiger partial charge is 0.254 e. The van der Waals surface area contributed by atoms with E-state index in [4.69, 9.17) is 15.2 Å². The van der Waals surface area contributed by atoms with Crippen molar-refractivity contribution >= 4 is 24.2 Å². The minimum absolute atomic E-state index is 0. The number of halogens is 1. The quantitative estimate of drug-likeness (QED) is 0.560. The van der Waals surface area contributed by atoms with E-state index in [1.54, 1.807) is 23.1 Å². The number of ether oxygens (including phenoxy) is 2. The van der Waals surface area contributed by atoms with Crippen molar-refractivity contribution in [3.63, 3.8) is 0 Å². The molecule has 164 valence electrons. The fraction of sp³-hybridized carbons (Fsp3) is 0.619. The van der Waals surface area contributed by atoms with E-state index >= 15 is 0 Å². The lowest BCUT2D eigenvalue weighted by Crippen LogP contribution is -2.46. The normalized spacial score (nSPS) is 16.0. The Morgan fingerprint density at radius 1 is 1.24 bits per heavy atom. The first kappa shape index (κ1) is 25.0. The van der Waals surface area contributed by atoms with Gasteiger partial charge in [-0.05, 0) is 44.4 Å². The second-order valence-electron chi connectivity index (χ2n) is 6.97. The molecule has 0 spiro atoms. The summed E-state index contributed by atoms with van der Waals surface area (Å²) in [6.07, 6.45) is 3.61. The maximum Gasteiger partial charge on any atom is 0.254 e. The Kier molecular flexibility index (Phi) is 11.5. The standard InChI is InChI=1S/C21H33N3O4.ClH/c1-3-5-13-28-18-9-8-16(14-19(18)27-4-2)21(26)24-12-6-7-17(15-24)20(25)23-11-10-22;/h8-9,14,17H,3-7,10-13,15,22H2,1-2H3,(H,23,25);1H. The Morgan fingerprint density at radius 2 is 2.03 bits per heavy atom. The Labute approximate surface area is 179 Å². The molecular formula is C21H34ClN3O4. The predicted molar refractivity (Wildman–Crippen MR) is 116 cm³/mol. The zero-order valence-electron chi connectivity index (χ0n) is 17.4. The molecule has 1 aliphatic rings. The van der Waals surface area contributed by atoms with Crippen LogP contribution in [0.25, 0.3) is 0 Å². The van der Waals surface area contributed by atoms with Gasteiger partial charge >= 0.3 is 0 Å². The highest BCUT2D eigenvalue weighted by Gasteiger charge is 2.29. The topological polar surface area (TPSA) is 93.9 Å². The largest absolute Gasteiger partial charge is 0.490 e. The van der Waals surface area contributed by atoms with Crippen LogP contribution < -0.4 is 20.5 Å². The van der Waals surface area contributed by atoms with E-state index in [1.807, 2.05) is 6.92 Å². The average molecular weight is 428 g/mol. The van der Waals surface area contributed by atoms with Crippen LogP contribution >= 0.6 is 12.4 Å². The van der Waals surface area contributed by atoms with E-state index in [0.29, 0.717) is 56.5 Å². The Balaban J connectivity index is 0.00000420. The zero-order chi connectivity index (χ0) is 20.4. The number of carbonyl (C=O) groups excluding carboxylic acids is 2. The lowest BCUT2D eigenvalue weighted by Gasteiger charge is -2.32. The van der Waals surface area contributed by atoms with Gasteiger partial charge in [0.1, 0.15) is 0 Å². The summed E-state index contributed by atoms with van der Waals surface area (Å²) in [5, 5.41) is 2.82. The van der Waals surface area contributed by atoms with Crippen molar-refractivity contribution in [1.29, 1.82) is 0 Å². The number of benzene rings is 1. The molecule has 2 amide bonds. The van der Waals surface area contributed by atoms with E-state index in [9.17, 15) is 9.59 Å². The highest BCUT2D eigenvalue weighted by Crippen LogP contribution is 2.30. The number of nitrogens with one attached hydrogen (secondary N) is 1. The molecule has 1 atom stereocenters. The van der Waals surface area contributed by atoms with Gasteiger partial charge in [-0.2, -0.15) is 0 Å². The number of rotatable bonds is 10. The lowest BCUT2D eigenvalue weighted by atomic mass is 9.96. The molecule has 1 unspecified atom stereocenters. The van der Waals surface area contributed by atoms with Crippen molar-refractivity contribution in [2.75, 3.05) is 39.4 Å². The highest BCUT2D eigenvalue weighted by molar-refractivity contribution is 5.95. The van der Waals surface area contributed by atoms with Crippen LogP contribution in [-0.2, 0) is 4.79 Å². The van der Waals surface area contributed by atoms with Gasteiger partial charge in [0.25, 0.3) is 5.91 Å². The molecule has 3 N–H and O–H groups in total. The SMILES string of the molecule is CCCCOc1ccc(C(=O)N2CCCC(C(=O)NCCN)C2)cc1OCC.Cl. The first-order valence-electron chi connectivity index (χ1n) is 10.3. The summed E-state index contributed by atoms with van der Waals surface area (Å²) in [7, 11) is 0. The van der Waals surface area contributed by atoms with Crippen LogP contribution in [0.2, 0.25) is 0 Å². The average Bonchev–Trinajstić information content (AvgIpc) is 2.73. The van der Waals surface area contributed by atoms with E-state index in [0.717, 1.165) is 25.7 Å². The number of hydrogen-bond acceptors (Lipinski definition) is 5. The van der Waals surface area contributed by atoms with Crippen molar-refractivity contribution < 1.29 is 19.1 Å². The van der Waals surface area contributed by atoms with Gasteiger partial charge < -0.3 is 25.4 Å². The molecule has 29 heavy (non-hydrogen) atoms. The summed E-state index contributed by atoms with van der Waals surface area (Å²) < 4.78 is 11.5. The van der Waals surface area contributed by atoms with Gasteiger partial charge in [0.05, 0.1) is 19.1 Å². The summed E-state index contributed by atoms with van der Waals surface area (Å²) in [6, 6.07) is 5.30. The molecule has 0 aromatic heterocycles. The number of carbonyl (C=O) groups is 2. The lowest BCUT2D eigenvalue weighted by molar-refractivity contribution is -0.126. The highest BCUT2D eigenvalue weighted by atomic mass is 35.5. The van der Waals surface area contributed by atoms with E-state index < -0.39 is 0 Å². The molecule has 2 rings (SSSR count). The van der Waals surface area contributed by atoms with Gasteiger partial charge in [-0.3, -0.25) is 9.59 Å². The maximum atomic E-state index is 13.0. The second-order valence-corrected chi connectivity index (χ2v) is 6.97. The van der Waals surface area contributed by atoms with Crippen molar-refractivity contribution in [3.8, 4) is 11.5 Å². The van der Waals surface area contributed by atoms with Crippen LogP contribution in [0.5, 0.6) is 11.5 Å². The van der Waals surface area contributed by atoms with Crippen molar-refractivity contribution in [2.45, 2.75) is 39.5 Å². The van der Waals surface area contributed by atoms with Crippen molar-refractivity contribution in [3.05, 3.63) is 23.8 Å². The van der Waals surface area contributed by atoms with Crippen molar-refractivity contribution in [1.82, 2.24) is 10.2 Å². The van der Waals surface area contributed by atoms with Crippen LogP contribution in [0.15, 0.2) is 18.2 Å². The fourth-order valence-electron chi connectivity index (χ4n) is 3.25. The van der Waals surface area contributed by atoms with E-state index in [-0.39, 0.29) is 30.1 Å². The number of unbranched alkanes of at least 4 members (excludes halogenated alkanes) is 1. The summed E-state index contributed by atoms with van der Waals surface area (Å²) >= 11 is 0. The number of hydrogen-bond donors (Lipinski definition) is 2. The third-order valence-corrected chi connectivity index (χ3v) is 4.77. The Morgan fingerprint density at radius 3 is 2.72 bits per heavy atom. The molecule has 0 bridgehead atoms. The molecular weight excluding hydrogens is 394 g/mol. The molecule has 7 nitrogen and oxygen atoms in total. The minimum Gasteiger partial charge on any atom is -0.490 e. The third kappa shape index (κ3) is 7.40. The number of piperidine rings is 1. The summed E-state index contributed by atoms with van der Waals surface area (Å²) in [5.41, 5.74) is 6.00. The second kappa shape index (κ2) is 13.3. The molecule has 1 aromatic rings. The Bertz CT molecular complexity index is 657. The number of likely N-dealkylation sites (tertiary alicyclic amines) is 1. The molecule has 1 heterocycles. The monoisotopic (exact) mass is 427 g/mol. The number of amides is 2. The number of nitrogens with two attached hydrogens (primary N) is 1. The molecule has 1 aliphatic heterocycles. The maximum absolute atomic E-state index is 13.0. The minimum atomic E-state index is -0.188. The molecule has 1 saturated heterocycles. The third-order valence-electron chi connectivity index (χ3n) is 4.77. The molecule has 1 aromatic carbocycles. The zero-order valence-corrected chi connectivity index (χ0v) is 18.3. The molecule has 0 saturated carbocycles. The van der Waals surface area contributed by atoms with Crippen LogP contribution in [-0.4, -0.2) is 56.1 Å². The number of nitrogens with zero attached hydrogens (tertiary/aromatic N) is 1. The fourth-order valence-corrected chi connectivity index (χ4v) is 3.25. The van der Waals surface area contributed by atoms with Gasteiger partial charge in [-0.25, -0.2) is 0 Å². The van der Waals surface area contributed by atoms with Gasteiger partial charge in [0, 0.05) is 31.7 Å². The molecule has 1 fully saturated rings. The summed E-state index contributed by atoms with van der Waals surface area (Å²) in [6.45, 7) is 7.07. The van der Waals surface area contributed by atoms with E-state index in [1.165, 1.54) is 0 Å². The first-order valence-corrected chi connectivity index (χ1v) is 10.3. The van der Waals surface area contributed by atoms with Gasteiger partial charge in [0.2, 0.25) is 5.91 Å². The molecule has 0 aliphatic carbocycles. The van der Waals surface area contributed by atoms with E-state index in [2.05, 4.69) is 12.2 Å². The van der Waals surface area contributed by atoms with Gasteiger partial charge in [0.15, 0.2) is 11.5 Å². The van der Waals surface area contributed by atoms with Gasteiger partial charge in [-0.1, -0.05) is 13.3 Å². The molecule has 8 heteroatoms. The summed E-state index contributed by atoms with van der Waals surface area (Å²) in [5.74, 6) is 0.936. The van der Waals surface area contributed by atoms with Crippen LogP contribution in [0.3, 0.4) is 0 Å². The van der Waals surface area contributed by atoms with Crippen LogP contribution in [0.1, 0.15) is 49.9 Å². The first-order chi connectivity index (χ1) is 13.6. The molecule has 0 radical (unpaired) electrons. The Hall–Kier alpha value is -1.99. The van der Waals surface area contributed by atoms with Crippen molar-refractivity contribution in [2.24, 2.45) is 11.7 Å². The van der Waals surface area contributed by atoms with Gasteiger partial charge in [-0.15, -0.1) is 12.4 Å². The van der Waals surface area contributed by atoms with Crippen LogP contribution in [0.4, 0.5) is 0 Å². The summed E-state index contributed by atoms with van der Waals surface area (Å²) in [4.78, 5) is 27.0.